The largest absolute Gasteiger partial charge is 0.330 e. The van der Waals surface area contributed by atoms with Crippen LogP contribution >= 0.6 is 0 Å². The van der Waals surface area contributed by atoms with Gasteiger partial charge in [0.05, 0.1) is 17.4 Å². The second kappa shape index (κ2) is 12.1. The van der Waals surface area contributed by atoms with E-state index in [0.29, 0.717) is 0 Å². The number of hydrogen-bond acceptors (Lipinski definition) is 1. The van der Waals surface area contributed by atoms with Gasteiger partial charge in [-0.3, -0.25) is 0 Å². The number of rotatable bonds is 14. The summed E-state index contributed by atoms with van der Waals surface area (Å²) in [6.45, 7) is 7.88. The maximum absolute atomic E-state index is 4.64. The summed E-state index contributed by atoms with van der Waals surface area (Å²) in [5.41, 5.74) is 3.75. The van der Waals surface area contributed by atoms with Gasteiger partial charge in [0.1, 0.15) is 0 Å². The summed E-state index contributed by atoms with van der Waals surface area (Å²) in [6.07, 6.45) is 18.7. The first-order valence-corrected chi connectivity index (χ1v) is 11.2. The van der Waals surface area contributed by atoms with Gasteiger partial charge in [0.2, 0.25) is 0 Å². The van der Waals surface area contributed by atoms with E-state index < -0.39 is 0 Å². The summed E-state index contributed by atoms with van der Waals surface area (Å²) in [5, 5.41) is 0. The molecule has 2 nitrogen and oxygen atoms in total. The van der Waals surface area contributed by atoms with Crippen LogP contribution in [-0.4, -0.2) is 9.55 Å². The van der Waals surface area contributed by atoms with Gasteiger partial charge >= 0.3 is 0 Å². The number of nitrogens with zero attached hydrogens (tertiary/aromatic N) is 2. The second-order valence-corrected chi connectivity index (χ2v) is 8.16. The molecule has 0 N–H and O–H groups in total. The second-order valence-electron chi connectivity index (χ2n) is 8.16. The molecule has 2 rings (SSSR count). The molecule has 0 aliphatic rings. The van der Waals surface area contributed by atoms with Gasteiger partial charge < -0.3 is 4.57 Å². The standard InChI is InChI=1S/C24H40N2/c1-4-6-8-10-11-13-15-22(14-12-9-7-5-2)19-26-20-25-23-18-21(3)16-17-24(23)26/h16-18,20,22H,4-15,19H2,1-3H3. The molecule has 146 valence electrons. The van der Waals surface area contributed by atoms with E-state index in [1.165, 1.54) is 88.1 Å². The minimum absolute atomic E-state index is 0.803. The van der Waals surface area contributed by atoms with E-state index in [9.17, 15) is 0 Å². The molecular formula is C24H40N2. The Morgan fingerprint density at radius 2 is 1.46 bits per heavy atom. The van der Waals surface area contributed by atoms with E-state index in [2.05, 4.69) is 54.8 Å². The van der Waals surface area contributed by atoms with Crippen molar-refractivity contribution in [3.63, 3.8) is 0 Å². The van der Waals surface area contributed by atoms with Crippen molar-refractivity contribution in [2.45, 2.75) is 104 Å². The third-order valence-electron chi connectivity index (χ3n) is 5.66. The molecule has 0 saturated carbocycles. The van der Waals surface area contributed by atoms with Crippen LogP contribution in [0.2, 0.25) is 0 Å². The molecule has 0 spiro atoms. The third-order valence-corrected chi connectivity index (χ3v) is 5.66. The van der Waals surface area contributed by atoms with Crippen molar-refractivity contribution in [2.24, 2.45) is 5.92 Å². The van der Waals surface area contributed by atoms with Crippen LogP contribution in [0.25, 0.3) is 11.0 Å². The van der Waals surface area contributed by atoms with Crippen molar-refractivity contribution in [3.8, 4) is 0 Å². The zero-order valence-electron chi connectivity index (χ0n) is 17.5. The van der Waals surface area contributed by atoms with E-state index in [1.807, 2.05) is 0 Å². The third kappa shape index (κ3) is 7.13. The van der Waals surface area contributed by atoms with Gasteiger partial charge in [0.15, 0.2) is 0 Å². The smallest absolute Gasteiger partial charge is 0.0958 e. The molecule has 0 aliphatic carbocycles. The monoisotopic (exact) mass is 356 g/mol. The van der Waals surface area contributed by atoms with E-state index in [0.717, 1.165) is 18.0 Å². The molecule has 2 heteroatoms. The van der Waals surface area contributed by atoms with Crippen LogP contribution in [0.3, 0.4) is 0 Å². The molecule has 1 heterocycles. The fraction of sp³-hybridized carbons (Fsp3) is 0.708. The highest BCUT2D eigenvalue weighted by molar-refractivity contribution is 5.75. The van der Waals surface area contributed by atoms with Crippen molar-refractivity contribution >= 4 is 11.0 Å². The average molecular weight is 357 g/mol. The number of benzene rings is 1. The average Bonchev–Trinajstić information content (AvgIpc) is 3.03. The Hall–Kier alpha value is -1.31. The van der Waals surface area contributed by atoms with Crippen LogP contribution in [0, 0.1) is 12.8 Å². The number of aryl methyl sites for hydroxylation is 1. The van der Waals surface area contributed by atoms with E-state index in [-0.39, 0.29) is 0 Å². The lowest BCUT2D eigenvalue weighted by Gasteiger charge is -2.18. The SMILES string of the molecule is CCCCCCCCC(CCCCCC)Cn1cnc2cc(C)ccc21. The number of unbranched alkanes of at least 4 members (excludes halogenated alkanes) is 8. The molecule has 1 unspecified atom stereocenters. The number of imidazole rings is 1. The summed E-state index contributed by atoms with van der Waals surface area (Å²) in [6, 6.07) is 6.66. The molecule has 2 aromatic rings. The first-order chi connectivity index (χ1) is 12.7. The predicted octanol–water partition coefficient (Wildman–Crippen LogP) is 7.68. The van der Waals surface area contributed by atoms with Crippen molar-refractivity contribution in [3.05, 3.63) is 30.1 Å². The number of hydrogen-bond donors (Lipinski definition) is 0. The van der Waals surface area contributed by atoms with Crippen molar-refractivity contribution in [1.29, 1.82) is 0 Å². The molecule has 1 atom stereocenters. The molecule has 26 heavy (non-hydrogen) atoms. The highest BCUT2D eigenvalue weighted by atomic mass is 15.0. The molecule has 0 saturated heterocycles. The molecule has 1 aromatic carbocycles. The zero-order chi connectivity index (χ0) is 18.6. The quantitative estimate of drug-likeness (QED) is 0.317. The Kier molecular flexibility index (Phi) is 9.81. The first kappa shape index (κ1) is 21.0. The van der Waals surface area contributed by atoms with Crippen molar-refractivity contribution in [1.82, 2.24) is 9.55 Å². The maximum Gasteiger partial charge on any atom is 0.0958 e. The Morgan fingerprint density at radius 1 is 0.846 bits per heavy atom. The number of fused-ring (bicyclic) bond motifs is 1. The van der Waals surface area contributed by atoms with E-state index in [4.69, 9.17) is 0 Å². The Bertz CT molecular complexity index is 614. The Balaban J connectivity index is 1.88. The number of aromatic nitrogens is 2. The topological polar surface area (TPSA) is 17.8 Å². The zero-order valence-corrected chi connectivity index (χ0v) is 17.5. The highest BCUT2D eigenvalue weighted by Gasteiger charge is 2.12. The summed E-state index contributed by atoms with van der Waals surface area (Å²) in [5.74, 6) is 0.803. The molecule has 0 aliphatic heterocycles. The van der Waals surface area contributed by atoms with Crippen molar-refractivity contribution < 1.29 is 0 Å². The summed E-state index contributed by atoms with van der Waals surface area (Å²) in [4.78, 5) is 4.64. The fourth-order valence-electron chi connectivity index (χ4n) is 4.00. The molecule has 0 radical (unpaired) electrons. The first-order valence-electron chi connectivity index (χ1n) is 11.2. The van der Waals surface area contributed by atoms with Crippen LogP contribution in [0.4, 0.5) is 0 Å². The molecule has 0 fully saturated rings. The van der Waals surface area contributed by atoms with Crippen LogP contribution < -0.4 is 0 Å². The van der Waals surface area contributed by atoms with Gasteiger partial charge in [-0.1, -0.05) is 84.1 Å². The van der Waals surface area contributed by atoms with Crippen LogP contribution in [-0.2, 0) is 6.54 Å². The van der Waals surface area contributed by atoms with E-state index >= 15 is 0 Å². The van der Waals surface area contributed by atoms with Gasteiger partial charge in [0, 0.05) is 6.54 Å². The normalized spacial score (nSPS) is 12.7. The van der Waals surface area contributed by atoms with E-state index in [1.54, 1.807) is 0 Å². The molecule has 1 aromatic heterocycles. The minimum Gasteiger partial charge on any atom is -0.330 e. The van der Waals surface area contributed by atoms with Gasteiger partial charge in [-0.05, 0) is 43.4 Å². The lowest BCUT2D eigenvalue weighted by molar-refractivity contribution is 0.361. The summed E-state index contributed by atoms with van der Waals surface area (Å²) < 4.78 is 2.40. The molecule has 0 bridgehead atoms. The predicted molar refractivity (Wildman–Crippen MR) is 115 cm³/mol. The molecule has 0 amide bonds. The summed E-state index contributed by atoms with van der Waals surface area (Å²) in [7, 11) is 0. The van der Waals surface area contributed by atoms with Crippen LogP contribution in [0.1, 0.15) is 96.5 Å². The molecular weight excluding hydrogens is 316 g/mol. The van der Waals surface area contributed by atoms with Crippen LogP contribution in [0.5, 0.6) is 0 Å². The lowest BCUT2D eigenvalue weighted by atomic mass is 9.94. The van der Waals surface area contributed by atoms with Crippen molar-refractivity contribution in [2.75, 3.05) is 0 Å². The lowest BCUT2D eigenvalue weighted by Crippen LogP contribution is -2.10. The minimum atomic E-state index is 0.803. The van der Waals surface area contributed by atoms with Crippen LogP contribution in [0.15, 0.2) is 24.5 Å². The van der Waals surface area contributed by atoms with Gasteiger partial charge in [-0.15, -0.1) is 0 Å². The summed E-state index contributed by atoms with van der Waals surface area (Å²) >= 11 is 0. The maximum atomic E-state index is 4.64. The van der Waals surface area contributed by atoms with Gasteiger partial charge in [-0.25, -0.2) is 4.98 Å². The van der Waals surface area contributed by atoms with Gasteiger partial charge in [-0.2, -0.15) is 0 Å². The van der Waals surface area contributed by atoms with Gasteiger partial charge in [0.25, 0.3) is 0 Å². The Morgan fingerprint density at radius 3 is 2.15 bits per heavy atom. The fourth-order valence-corrected chi connectivity index (χ4v) is 4.00. The Labute approximate surface area is 161 Å². The highest BCUT2D eigenvalue weighted by Crippen LogP contribution is 2.23.